The van der Waals surface area contributed by atoms with Crippen LogP contribution in [0.3, 0.4) is 0 Å². The van der Waals surface area contributed by atoms with Crippen LogP contribution in [0.5, 0.6) is 0 Å². The monoisotopic (exact) mass is 445 g/mol. The van der Waals surface area contributed by atoms with Crippen molar-refractivity contribution < 1.29 is 29.0 Å². The fourth-order valence-corrected chi connectivity index (χ4v) is 3.27. The minimum absolute atomic E-state index is 0. The highest BCUT2D eigenvalue weighted by Crippen LogP contribution is 2.14. The Morgan fingerprint density at radius 3 is 1.42 bits per heavy atom. The first-order chi connectivity index (χ1) is 14.4. The van der Waals surface area contributed by atoms with Crippen LogP contribution in [0.2, 0.25) is 0 Å². The van der Waals surface area contributed by atoms with Gasteiger partial charge < -0.3 is 20.7 Å². The Balaban J connectivity index is 0. The number of unbranched alkanes of at least 4 members (excludes halogenated alkanes) is 14. The molecule has 0 saturated carbocycles. The molecule has 2 atom stereocenters. The average Bonchev–Trinajstić information content (AvgIpc) is 2.70. The van der Waals surface area contributed by atoms with Crippen molar-refractivity contribution in [2.24, 2.45) is 0 Å². The Labute approximate surface area is 189 Å². The van der Waals surface area contributed by atoms with Crippen molar-refractivity contribution in [1.29, 1.82) is 0 Å². The maximum Gasteiger partial charge on any atom is 0.347 e. The summed E-state index contributed by atoms with van der Waals surface area (Å²) in [6.07, 6.45) is 16.8. The Morgan fingerprint density at radius 2 is 1.03 bits per heavy atom. The van der Waals surface area contributed by atoms with Gasteiger partial charge in [0.1, 0.15) is 0 Å². The third-order valence-corrected chi connectivity index (χ3v) is 5.27. The van der Waals surface area contributed by atoms with Crippen molar-refractivity contribution >= 4 is 17.9 Å². The minimum Gasteiger partial charge on any atom is -0.479 e. The molecule has 0 spiro atoms. The van der Waals surface area contributed by atoms with E-state index in [1.54, 1.807) is 0 Å². The summed E-state index contributed by atoms with van der Waals surface area (Å²) >= 11 is 0. The van der Waals surface area contributed by atoms with E-state index in [1.807, 2.05) is 0 Å². The second-order valence-corrected chi connectivity index (χ2v) is 8.25. The SMILES string of the molecule is CCCCCCCCCCCCCCCCCC(=O)OC(C)C(=O)OC(C)C(=O)O.N. The first-order valence-electron chi connectivity index (χ1n) is 12.0. The molecule has 0 rings (SSSR count). The van der Waals surface area contributed by atoms with Crippen molar-refractivity contribution in [3.05, 3.63) is 0 Å². The number of esters is 2. The van der Waals surface area contributed by atoms with Gasteiger partial charge in [-0.3, -0.25) is 4.79 Å². The third kappa shape index (κ3) is 20.0. The van der Waals surface area contributed by atoms with Gasteiger partial charge in [0.2, 0.25) is 0 Å². The largest absolute Gasteiger partial charge is 0.479 e. The van der Waals surface area contributed by atoms with E-state index in [9.17, 15) is 14.4 Å². The quantitative estimate of drug-likeness (QED) is 0.165. The van der Waals surface area contributed by atoms with Crippen LogP contribution in [0.25, 0.3) is 0 Å². The molecule has 0 aliphatic rings. The van der Waals surface area contributed by atoms with E-state index in [0.717, 1.165) is 19.3 Å². The molecule has 0 aliphatic carbocycles. The van der Waals surface area contributed by atoms with E-state index in [4.69, 9.17) is 9.84 Å². The number of ether oxygens (including phenoxy) is 2. The molecule has 31 heavy (non-hydrogen) atoms. The van der Waals surface area contributed by atoms with E-state index < -0.39 is 30.1 Å². The van der Waals surface area contributed by atoms with Crippen molar-refractivity contribution in [3.63, 3.8) is 0 Å². The summed E-state index contributed by atoms with van der Waals surface area (Å²) in [5.41, 5.74) is 0. The van der Waals surface area contributed by atoms with Gasteiger partial charge in [-0.2, -0.15) is 0 Å². The van der Waals surface area contributed by atoms with E-state index in [1.165, 1.54) is 90.9 Å². The smallest absolute Gasteiger partial charge is 0.347 e. The molecule has 0 aliphatic heterocycles. The highest BCUT2D eigenvalue weighted by Gasteiger charge is 2.23. The second kappa shape index (κ2) is 21.6. The lowest BCUT2D eigenvalue weighted by Gasteiger charge is -2.14. The van der Waals surface area contributed by atoms with E-state index in [-0.39, 0.29) is 12.6 Å². The van der Waals surface area contributed by atoms with Crippen molar-refractivity contribution in [2.75, 3.05) is 0 Å². The van der Waals surface area contributed by atoms with Gasteiger partial charge in [-0.1, -0.05) is 96.8 Å². The molecule has 0 aromatic rings. The van der Waals surface area contributed by atoms with Crippen molar-refractivity contribution in [3.8, 4) is 0 Å². The minimum atomic E-state index is -1.26. The number of carbonyl (C=O) groups is 3. The molecule has 0 radical (unpaired) electrons. The number of carboxylic acids is 1. The summed E-state index contributed by atoms with van der Waals surface area (Å²) in [5, 5.41) is 8.71. The fraction of sp³-hybridized carbons (Fsp3) is 0.875. The van der Waals surface area contributed by atoms with Gasteiger partial charge in [-0.25, -0.2) is 9.59 Å². The fourth-order valence-electron chi connectivity index (χ4n) is 3.27. The first-order valence-corrected chi connectivity index (χ1v) is 12.0. The Kier molecular flexibility index (Phi) is 22.0. The van der Waals surface area contributed by atoms with Gasteiger partial charge in [0, 0.05) is 6.42 Å². The summed E-state index contributed by atoms with van der Waals surface area (Å²) in [7, 11) is 0. The molecule has 0 saturated heterocycles. The molecule has 4 N–H and O–H groups in total. The molecule has 7 nitrogen and oxygen atoms in total. The normalized spacial score (nSPS) is 12.5. The molecule has 7 heteroatoms. The summed E-state index contributed by atoms with van der Waals surface area (Å²) < 4.78 is 9.70. The summed E-state index contributed by atoms with van der Waals surface area (Å²) in [6, 6.07) is 0. The summed E-state index contributed by atoms with van der Waals surface area (Å²) in [4.78, 5) is 34.1. The van der Waals surface area contributed by atoms with Gasteiger partial charge in [0.25, 0.3) is 0 Å². The number of aliphatic carboxylic acids is 1. The molecular formula is C24H47NO6. The second-order valence-electron chi connectivity index (χ2n) is 8.25. The van der Waals surface area contributed by atoms with Crippen LogP contribution in [-0.4, -0.2) is 35.2 Å². The van der Waals surface area contributed by atoms with Gasteiger partial charge >= 0.3 is 17.9 Å². The molecular weight excluding hydrogens is 398 g/mol. The topological polar surface area (TPSA) is 125 Å². The summed E-state index contributed by atoms with van der Waals surface area (Å²) in [5.74, 6) is -2.52. The van der Waals surface area contributed by atoms with Gasteiger partial charge in [-0.05, 0) is 20.3 Å². The van der Waals surface area contributed by atoms with Crippen LogP contribution in [0.4, 0.5) is 0 Å². The van der Waals surface area contributed by atoms with Gasteiger partial charge in [0.15, 0.2) is 12.2 Å². The highest BCUT2D eigenvalue weighted by atomic mass is 16.6. The van der Waals surface area contributed by atoms with Crippen LogP contribution < -0.4 is 6.15 Å². The third-order valence-electron chi connectivity index (χ3n) is 5.27. The van der Waals surface area contributed by atoms with Crippen molar-refractivity contribution in [2.45, 2.75) is 136 Å². The van der Waals surface area contributed by atoms with Gasteiger partial charge in [0.05, 0.1) is 0 Å². The van der Waals surface area contributed by atoms with E-state index in [0.29, 0.717) is 0 Å². The molecule has 0 aromatic carbocycles. The van der Waals surface area contributed by atoms with Crippen LogP contribution in [-0.2, 0) is 23.9 Å². The van der Waals surface area contributed by atoms with E-state index in [2.05, 4.69) is 11.7 Å². The lowest BCUT2D eigenvalue weighted by atomic mass is 10.0. The number of hydrogen-bond donors (Lipinski definition) is 2. The molecule has 0 fully saturated rings. The predicted octanol–water partition coefficient (Wildman–Crippen LogP) is 6.36. The highest BCUT2D eigenvalue weighted by molar-refractivity contribution is 5.82. The lowest BCUT2D eigenvalue weighted by Crippen LogP contribution is -2.32. The molecule has 184 valence electrons. The Morgan fingerprint density at radius 1 is 0.645 bits per heavy atom. The predicted molar refractivity (Wildman–Crippen MR) is 123 cm³/mol. The molecule has 0 amide bonds. The average molecular weight is 446 g/mol. The lowest BCUT2D eigenvalue weighted by molar-refractivity contribution is -0.174. The molecule has 2 unspecified atom stereocenters. The van der Waals surface area contributed by atoms with Gasteiger partial charge in [-0.15, -0.1) is 0 Å². The van der Waals surface area contributed by atoms with E-state index >= 15 is 0 Å². The maximum atomic E-state index is 11.8. The standard InChI is InChI=1S/C24H44O6.H3N/c1-4-5-6-7-8-9-10-11-12-13-14-15-16-17-18-19-22(25)29-21(3)24(28)30-20(2)23(26)27;/h20-21H,4-19H2,1-3H3,(H,26,27);1H3. The Hall–Kier alpha value is -1.63. The number of carboxylic acid groups (broad SMARTS) is 1. The zero-order valence-electron chi connectivity index (χ0n) is 20.2. The van der Waals surface area contributed by atoms with Crippen LogP contribution in [0.1, 0.15) is 124 Å². The van der Waals surface area contributed by atoms with Crippen molar-refractivity contribution in [1.82, 2.24) is 6.15 Å². The molecule has 0 aromatic heterocycles. The number of rotatable bonds is 20. The summed E-state index contributed by atoms with van der Waals surface area (Å²) in [6.45, 7) is 4.90. The first kappa shape index (κ1) is 31.6. The van der Waals surface area contributed by atoms with Crippen LogP contribution >= 0.6 is 0 Å². The zero-order valence-corrected chi connectivity index (χ0v) is 20.2. The maximum absolute atomic E-state index is 11.8. The van der Waals surface area contributed by atoms with Crippen LogP contribution in [0.15, 0.2) is 0 Å². The zero-order chi connectivity index (χ0) is 22.6. The number of carbonyl (C=O) groups excluding carboxylic acids is 2. The Bertz CT molecular complexity index is 469. The molecule has 0 bridgehead atoms. The molecule has 0 heterocycles. The van der Waals surface area contributed by atoms with Crippen LogP contribution in [0, 0.1) is 0 Å². The number of hydrogen-bond acceptors (Lipinski definition) is 6.